The summed E-state index contributed by atoms with van der Waals surface area (Å²) in [5, 5.41) is -0.777. The van der Waals surface area contributed by atoms with E-state index in [2.05, 4.69) is 0 Å². The molecule has 1 atom stereocenters. The van der Waals surface area contributed by atoms with Crippen LogP contribution >= 0.6 is 11.8 Å². The number of hydrogen-bond donors (Lipinski definition) is 1. The lowest BCUT2D eigenvalue weighted by Gasteiger charge is -2.33. The van der Waals surface area contributed by atoms with Gasteiger partial charge in [0.25, 0.3) is 5.91 Å². The summed E-state index contributed by atoms with van der Waals surface area (Å²) in [6.45, 7) is 0.194. The second-order valence-electron chi connectivity index (χ2n) is 4.77. The Kier molecular flexibility index (Phi) is 5.00. The zero-order valence-corrected chi connectivity index (χ0v) is 13.3. The van der Waals surface area contributed by atoms with Crippen molar-refractivity contribution in [2.24, 2.45) is 0 Å². The standard InChI is InChI=1S/C13H18N2O4S2/c1-21(17,18)13-9-20-7-6-15(13)12(16)8-19-11-5-3-2-4-10(11)14/h2-5,13H,6-9,14H2,1H3. The average molecular weight is 330 g/mol. The number of thioether (sulfide) groups is 1. The monoisotopic (exact) mass is 330 g/mol. The van der Waals surface area contributed by atoms with Crippen LogP contribution < -0.4 is 10.5 Å². The molecule has 1 aliphatic heterocycles. The molecule has 1 aliphatic rings. The molecule has 0 saturated carbocycles. The fourth-order valence-electron chi connectivity index (χ4n) is 2.06. The van der Waals surface area contributed by atoms with Crippen LogP contribution in [0.4, 0.5) is 5.69 Å². The summed E-state index contributed by atoms with van der Waals surface area (Å²) in [7, 11) is -3.31. The molecule has 1 unspecified atom stereocenters. The van der Waals surface area contributed by atoms with Gasteiger partial charge in [0, 0.05) is 24.3 Å². The molecular weight excluding hydrogens is 312 g/mol. The second-order valence-corrected chi connectivity index (χ2v) is 8.13. The molecule has 0 aliphatic carbocycles. The average Bonchev–Trinajstić information content (AvgIpc) is 2.45. The highest BCUT2D eigenvalue weighted by molar-refractivity contribution is 8.00. The lowest BCUT2D eigenvalue weighted by Crippen LogP contribution is -2.51. The van der Waals surface area contributed by atoms with Crippen LogP contribution in [0.15, 0.2) is 24.3 Å². The Labute approximate surface area is 128 Å². The van der Waals surface area contributed by atoms with Crippen LogP contribution in [0, 0.1) is 0 Å². The van der Waals surface area contributed by atoms with Crippen LogP contribution in [0.2, 0.25) is 0 Å². The molecule has 0 aromatic heterocycles. The quantitative estimate of drug-likeness (QED) is 0.813. The summed E-state index contributed by atoms with van der Waals surface area (Å²) in [5.74, 6) is 1.21. The van der Waals surface area contributed by atoms with Crippen LogP contribution in [0.1, 0.15) is 0 Å². The zero-order chi connectivity index (χ0) is 15.5. The molecule has 1 aromatic rings. The lowest BCUT2D eigenvalue weighted by molar-refractivity contribution is -0.133. The molecule has 0 bridgehead atoms. The number of nitrogens with two attached hydrogens (primary N) is 1. The van der Waals surface area contributed by atoms with E-state index in [1.54, 1.807) is 24.3 Å². The highest BCUT2D eigenvalue weighted by atomic mass is 32.2. The van der Waals surface area contributed by atoms with Crippen molar-refractivity contribution in [3.05, 3.63) is 24.3 Å². The van der Waals surface area contributed by atoms with Gasteiger partial charge in [-0.1, -0.05) is 12.1 Å². The second kappa shape index (κ2) is 6.57. The number of carbonyl (C=O) groups is 1. The fourth-order valence-corrected chi connectivity index (χ4v) is 4.89. The Balaban J connectivity index is 2.03. The number of anilines is 1. The SMILES string of the molecule is CS(=O)(=O)C1CSCCN1C(=O)COc1ccccc1N. The third-order valence-electron chi connectivity index (χ3n) is 3.17. The van der Waals surface area contributed by atoms with Gasteiger partial charge in [-0.3, -0.25) is 4.79 Å². The molecule has 2 N–H and O–H groups in total. The molecular formula is C13H18N2O4S2. The van der Waals surface area contributed by atoms with E-state index < -0.39 is 15.2 Å². The van der Waals surface area contributed by atoms with Gasteiger partial charge in [-0.2, -0.15) is 11.8 Å². The molecule has 1 heterocycles. The Morgan fingerprint density at radius 3 is 2.86 bits per heavy atom. The zero-order valence-electron chi connectivity index (χ0n) is 11.7. The number of para-hydroxylation sites is 2. The molecule has 8 heteroatoms. The number of amides is 1. The first-order chi connectivity index (χ1) is 9.89. The third kappa shape index (κ3) is 4.04. The highest BCUT2D eigenvalue weighted by Gasteiger charge is 2.34. The van der Waals surface area contributed by atoms with E-state index in [9.17, 15) is 13.2 Å². The van der Waals surface area contributed by atoms with Crippen molar-refractivity contribution in [3.63, 3.8) is 0 Å². The molecule has 116 valence electrons. The molecule has 0 spiro atoms. The number of sulfone groups is 1. The Morgan fingerprint density at radius 1 is 1.48 bits per heavy atom. The normalized spacial score (nSPS) is 19.3. The largest absolute Gasteiger partial charge is 0.482 e. The van der Waals surface area contributed by atoms with E-state index in [1.165, 1.54) is 16.7 Å². The summed E-state index contributed by atoms with van der Waals surface area (Å²) in [6.07, 6.45) is 1.15. The Morgan fingerprint density at radius 2 is 2.19 bits per heavy atom. The molecule has 1 saturated heterocycles. The van der Waals surface area contributed by atoms with Gasteiger partial charge in [0.15, 0.2) is 16.4 Å². The number of nitrogens with zero attached hydrogens (tertiary/aromatic N) is 1. The molecule has 2 rings (SSSR count). The first-order valence-corrected chi connectivity index (χ1v) is 9.54. The van der Waals surface area contributed by atoms with E-state index >= 15 is 0 Å². The van der Waals surface area contributed by atoms with Gasteiger partial charge in [-0.25, -0.2) is 8.42 Å². The van der Waals surface area contributed by atoms with Crippen molar-refractivity contribution < 1.29 is 17.9 Å². The summed E-state index contributed by atoms with van der Waals surface area (Å²) in [4.78, 5) is 13.6. The van der Waals surface area contributed by atoms with Gasteiger partial charge in [0.2, 0.25) is 0 Å². The van der Waals surface area contributed by atoms with Crippen molar-refractivity contribution in [1.82, 2.24) is 4.90 Å². The molecule has 6 nitrogen and oxygen atoms in total. The van der Waals surface area contributed by atoms with E-state index in [0.717, 1.165) is 12.0 Å². The number of benzene rings is 1. The van der Waals surface area contributed by atoms with Crippen LogP contribution in [0.5, 0.6) is 5.75 Å². The predicted octanol–water partition coefficient (Wildman–Crippen LogP) is 0.594. The first kappa shape index (κ1) is 16.0. The van der Waals surface area contributed by atoms with Crippen molar-refractivity contribution in [3.8, 4) is 5.75 Å². The van der Waals surface area contributed by atoms with Crippen molar-refractivity contribution in [2.45, 2.75) is 5.37 Å². The van der Waals surface area contributed by atoms with Crippen LogP contribution in [-0.4, -0.2) is 55.5 Å². The van der Waals surface area contributed by atoms with E-state index in [-0.39, 0.29) is 12.5 Å². The van der Waals surface area contributed by atoms with Crippen LogP contribution in [-0.2, 0) is 14.6 Å². The van der Waals surface area contributed by atoms with Crippen molar-refractivity contribution in [1.29, 1.82) is 0 Å². The summed E-state index contributed by atoms with van der Waals surface area (Å²) >= 11 is 1.53. The number of ether oxygens (including phenoxy) is 1. The minimum atomic E-state index is -3.31. The van der Waals surface area contributed by atoms with Gasteiger partial charge in [0.05, 0.1) is 5.69 Å². The summed E-state index contributed by atoms with van der Waals surface area (Å²) in [5.41, 5.74) is 6.18. The van der Waals surface area contributed by atoms with E-state index in [4.69, 9.17) is 10.5 Å². The maximum absolute atomic E-state index is 12.2. The van der Waals surface area contributed by atoms with Crippen LogP contribution in [0.3, 0.4) is 0 Å². The molecule has 1 aromatic carbocycles. The molecule has 1 fully saturated rings. The van der Waals surface area contributed by atoms with Gasteiger partial charge in [-0.15, -0.1) is 0 Å². The predicted molar refractivity (Wildman–Crippen MR) is 84.0 cm³/mol. The van der Waals surface area contributed by atoms with Gasteiger partial charge in [0.1, 0.15) is 11.1 Å². The number of carbonyl (C=O) groups excluding carboxylic acids is 1. The Hall–Kier alpha value is -1.41. The minimum absolute atomic E-state index is 0.217. The van der Waals surface area contributed by atoms with E-state index in [0.29, 0.717) is 23.7 Å². The highest BCUT2D eigenvalue weighted by Crippen LogP contribution is 2.22. The maximum atomic E-state index is 12.2. The van der Waals surface area contributed by atoms with Crippen molar-refractivity contribution >= 4 is 33.2 Å². The number of nitrogen functional groups attached to an aromatic ring is 1. The fraction of sp³-hybridized carbons (Fsp3) is 0.462. The maximum Gasteiger partial charge on any atom is 0.261 e. The third-order valence-corrected chi connectivity index (χ3v) is 5.81. The van der Waals surface area contributed by atoms with Gasteiger partial charge in [-0.05, 0) is 12.1 Å². The molecule has 1 amide bonds. The smallest absolute Gasteiger partial charge is 0.261 e. The van der Waals surface area contributed by atoms with Crippen molar-refractivity contribution in [2.75, 3.05) is 36.6 Å². The summed E-state index contributed by atoms with van der Waals surface area (Å²) < 4.78 is 28.9. The summed E-state index contributed by atoms with van der Waals surface area (Å²) in [6, 6.07) is 6.87. The number of hydrogen-bond acceptors (Lipinski definition) is 6. The van der Waals surface area contributed by atoms with Gasteiger partial charge >= 0.3 is 0 Å². The molecule has 21 heavy (non-hydrogen) atoms. The van der Waals surface area contributed by atoms with Crippen LogP contribution in [0.25, 0.3) is 0 Å². The minimum Gasteiger partial charge on any atom is -0.482 e. The Bertz CT molecular complexity index is 618. The lowest BCUT2D eigenvalue weighted by atomic mass is 10.3. The van der Waals surface area contributed by atoms with E-state index in [1.807, 2.05) is 0 Å². The molecule has 0 radical (unpaired) electrons. The van der Waals surface area contributed by atoms with Gasteiger partial charge < -0.3 is 15.4 Å². The first-order valence-electron chi connectivity index (χ1n) is 6.43. The topological polar surface area (TPSA) is 89.7 Å². The number of rotatable bonds is 4.